The van der Waals surface area contributed by atoms with Crippen LogP contribution in [0.1, 0.15) is 58.1 Å². The minimum absolute atomic E-state index is 0.0823. The van der Waals surface area contributed by atoms with Gasteiger partial charge in [-0.15, -0.1) is 0 Å². The number of ether oxygens (including phenoxy) is 2. The van der Waals surface area contributed by atoms with Gasteiger partial charge in [-0.3, -0.25) is 14.4 Å². The highest BCUT2D eigenvalue weighted by atomic mass is 35.5. The molecule has 0 radical (unpaired) electrons. The standard InChI is InChI=1S/C35H49ClN4O7/c1-24(37-33(45)47-34(2,3)4)30(42)38-29(22-46-5)31(43)39-35(21-26-12-14-28(36)15-13-26)17-9-18-40(23-35)32(44)27(16-19-41)20-25-10-7-6-8-11-25/h6-8,10-15,24,27,29,41H,9,16-23H2,1-5H3,(H,37,45)(H,38,42)(H,39,43)/t24-,27-,29-,35+/m0/s1. The molecule has 2 aromatic rings. The number of hydrogen-bond donors (Lipinski definition) is 4. The summed E-state index contributed by atoms with van der Waals surface area (Å²) in [5.41, 5.74) is 0.312. The first-order valence-electron chi connectivity index (χ1n) is 16.0. The van der Waals surface area contributed by atoms with Crippen LogP contribution in [0.25, 0.3) is 0 Å². The lowest BCUT2D eigenvalue weighted by molar-refractivity contribution is -0.140. The maximum absolute atomic E-state index is 14.0. The molecule has 1 aliphatic heterocycles. The molecule has 4 amide bonds. The van der Waals surface area contributed by atoms with Crippen molar-refractivity contribution in [3.05, 3.63) is 70.7 Å². The second-order valence-corrected chi connectivity index (χ2v) is 13.7. The summed E-state index contributed by atoms with van der Waals surface area (Å²) in [4.78, 5) is 54.9. The van der Waals surface area contributed by atoms with E-state index in [0.717, 1.165) is 11.1 Å². The van der Waals surface area contributed by atoms with E-state index in [1.54, 1.807) is 37.8 Å². The summed E-state index contributed by atoms with van der Waals surface area (Å²) in [6.45, 7) is 7.15. The van der Waals surface area contributed by atoms with Crippen LogP contribution in [0.15, 0.2) is 54.6 Å². The quantitative estimate of drug-likeness (QED) is 0.240. The summed E-state index contributed by atoms with van der Waals surface area (Å²) in [6, 6.07) is 15.0. The molecule has 3 rings (SSSR count). The second-order valence-electron chi connectivity index (χ2n) is 13.2. The van der Waals surface area contributed by atoms with E-state index in [-0.39, 0.29) is 25.7 Å². The number of aliphatic hydroxyl groups excluding tert-OH is 1. The molecule has 0 aliphatic carbocycles. The highest BCUT2D eigenvalue weighted by molar-refractivity contribution is 6.30. The number of halogens is 1. The fraction of sp³-hybridized carbons (Fsp3) is 0.543. The third-order valence-electron chi connectivity index (χ3n) is 7.98. The molecule has 1 heterocycles. The molecule has 0 bridgehead atoms. The maximum Gasteiger partial charge on any atom is 0.408 e. The van der Waals surface area contributed by atoms with Gasteiger partial charge in [0.25, 0.3) is 0 Å². The molecule has 4 atom stereocenters. The first-order valence-corrected chi connectivity index (χ1v) is 16.4. The van der Waals surface area contributed by atoms with Crippen molar-refractivity contribution in [3.8, 4) is 0 Å². The topological polar surface area (TPSA) is 146 Å². The number of likely N-dealkylation sites (tertiary alicyclic amines) is 1. The summed E-state index contributed by atoms with van der Waals surface area (Å²) in [5, 5.41) is 18.7. The van der Waals surface area contributed by atoms with E-state index >= 15 is 0 Å². The van der Waals surface area contributed by atoms with Gasteiger partial charge in [-0.25, -0.2) is 4.79 Å². The maximum atomic E-state index is 14.0. The van der Waals surface area contributed by atoms with Gasteiger partial charge in [-0.1, -0.05) is 54.1 Å². The Labute approximate surface area is 282 Å². The number of carbonyl (C=O) groups is 4. The van der Waals surface area contributed by atoms with Crippen molar-refractivity contribution in [2.75, 3.05) is 33.4 Å². The highest BCUT2D eigenvalue weighted by Crippen LogP contribution is 2.29. The Hall–Kier alpha value is -3.67. The Balaban J connectivity index is 1.82. The molecule has 1 aliphatic rings. The number of alkyl carbamates (subject to hydrolysis) is 1. The Morgan fingerprint density at radius 3 is 2.30 bits per heavy atom. The van der Waals surface area contributed by atoms with Crippen molar-refractivity contribution in [1.29, 1.82) is 0 Å². The van der Waals surface area contributed by atoms with Crippen LogP contribution in [-0.2, 0) is 36.7 Å². The van der Waals surface area contributed by atoms with E-state index in [1.165, 1.54) is 14.0 Å². The van der Waals surface area contributed by atoms with Crippen LogP contribution < -0.4 is 16.0 Å². The minimum atomic E-state index is -1.08. The van der Waals surface area contributed by atoms with Crippen LogP contribution in [-0.4, -0.2) is 90.5 Å². The van der Waals surface area contributed by atoms with Crippen LogP contribution in [0.5, 0.6) is 0 Å². The van der Waals surface area contributed by atoms with Gasteiger partial charge >= 0.3 is 6.09 Å². The largest absolute Gasteiger partial charge is 0.444 e. The van der Waals surface area contributed by atoms with Crippen molar-refractivity contribution < 1.29 is 33.8 Å². The second kappa shape index (κ2) is 17.5. The third-order valence-corrected chi connectivity index (χ3v) is 8.23. The zero-order valence-corrected chi connectivity index (χ0v) is 28.8. The van der Waals surface area contributed by atoms with Gasteiger partial charge in [-0.05, 0) is 83.1 Å². The monoisotopic (exact) mass is 672 g/mol. The molecule has 12 heteroatoms. The molecule has 11 nitrogen and oxygen atoms in total. The van der Waals surface area contributed by atoms with E-state index in [4.69, 9.17) is 21.1 Å². The average molecular weight is 673 g/mol. The van der Waals surface area contributed by atoms with Gasteiger partial charge in [0.1, 0.15) is 17.7 Å². The SMILES string of the molecule is COC[C@H](NC(=O)[C@H](C)NC(=O)OC(C)(C)C)C(=O)N[C@@]1(Cc2ccc(Cl)cc2)CCCN(C(=O)[C@@H](CCO)Cc2ccccc2)C1. The number of methoxy groups -OCH3 is 1. The van der Waals surface area contributed by atoms with Crippen molar-refractivity contribution in [2.45, 2.75) is 83.0 Å². The van der Waals surface area contributed by atoms with Gasteiger partial charge in [0.2, 0.25) is 17.7 Å². The van der Waals surface area contributed by atoms with E-state index < -0.39 is 47.0 Å². The lowest BCUT2D eigenvalue weighted by Gasteiger charge is -2.45. The normalized spacial score (nSPS) is 18.4. The zero-order chi connectivity index (χ0) is 34.6. The molecule has 0 saturated carbocycles. The number of nitrogens with zero attached hydrogens (tertiary/aromatic N) is 1. The van der Waals surface area contributed by atoms with Crippen LogP contribution >= 0.6 is 11.6 Å². The number of benzene rings is 2. The summed E-state index contributed by atoms with van der Waals surface area (Å²) >= 11 is 6.15. The predicted molar refractivity (Wildman–Crippen MR) is 180 cm³/mol. The molecule has 0 unspecified atom stereocenters. The molecule has 1 saturated heterocycles. The average Bonchev–Trinajstić information content (AvgIpc) is 3.01. The molecule has 2 aromatic carbocycles. The van der Waals surface area contributed by atoms with E-state index in [1.807, 2.05) is 42.5 Å². The fourth-order valence-corrected chi connectivity index (χ4v) is 5.90. The van der Waals surface area contributed by atoms with Gasteiger partial charge in [-0.2, -0.15) is 0 Å². The highest BCUT2D eigenvalue weighted by Gasteiger charge is 2.41. The van der Waals surface area contributed by atoms with Crippen molar-refractivity contribution >= 4 is 35.4 Å². The number of carbonyl (C=O) groups excluding carboxylic acids is 4. The first-order chi connectivity index (χ1) is 22.2. The van der Waals surface area contributed by atoms with Gasteiger partial charge in [0.05, 0.1) is 12.1 Å². The molecular formula is C35H49ClN4O7. The number of aliphatic hydroxyl groups is 1. The van der Waals surface area contributed by atoms with Crippen molar-refractivity contribution in [2.24, 2.45) is 5.92 Å². The lowest BCUT2D eigenvalue weighted by atomic mass is 9.82. The van der Waals surface area contributed by atoms with E-state index in [9.17, 15) is 24.3 Å². The smallest absolute Gasteiger partial charge is 0.408 e. The molecule has 1 fully saturated rings. The molecule has 47 heavy (non-hydrogen) atoms. The van der Waals surface area contributed by atoms with Crippen molar-refractivity contribution in [3.63, 3.8) is 0 Å². The Morgan fingerprint density at radius 1 is 1.00 bits per heavy atom. The number of rotatable bonds is 14. The van der Waals surface area contributed by atoms with Gasteiger partial charge in [0, 0.05) is 37.7 Å². The summed E-state index contributed by atoms with van der Waals surface area (Å²) in [6.07, 6.45) is 1.68. The number of amides is 4. The van der Waals surface area contributed by atoms with Gasteiger partial charge in [0.15, 0.2) is 0 Å². The predicted octanol–water partition coefficient (Wildman–Crippen LogP) is 3.65. The summed E-state index contributed by atoms with van der Waals surface area (Å²) in [7, 11) is 1.42. The zero-order valence-electron chi connectivity index (χ0n) is 28.0. The molecule has 258 valence electrons. The third kappa shape index (κ3) is 12.1. The molecule has 4 N–H and O–H groups in total. The van der Waals surface area contributed by atoms with Crippen LogP contribution in [0.4, 0.5) is 4.79 Å². The first kappa shape index (κ1) is 37.8. The van der Waals surface area contributed by atoms with Crippen LogP contribution in [0, 0.1) is 5.92 Å². The van der Waals surface area contributed by atoms with E-state index in [0.29, 0.717) is 43.7 Å². The van der Waals surface area contributed by atoms with Crippen LogP contribution in [0.3, 0.4) is 0 Å². The Morgan fingerprint density at radius 2 is 1.68 bits per heavy atom. The number of nitrogens with one attached hydrogen (secondary N) is 3. The summed E-state index contributed by atoms with van der Waals surface area (Å²) < 4.78 is 10.5. The minimum Gasteiger partial charge on any atom is -0.444 e. The van der Waals surface area contributed by atoms with Crippen LogP contribution in [0.2, 0.25) is 5.02 Å². The molecule has 0 aromatic heterocycles. The van der Waals surface area contributed by atoms with Crippen molar-refractivity contribution in [1.82, 2.24) is 20.9 Å². The lowest BCUT2D eigenvalue weighted by Crippen LogP contribution is -2.65. The Bertz CT molecular complexity index is 1340. The van der Waals surface area contributed by atoms with Gasteiger partial charge < -0.3 is 35.4 Å². The fourth-order valence-electron chi connectivity index (χ4n) is 5.77. The summed E-state index contributed by atoms with van der Waals surface area (Å²) in [5.74, 6) is -1.58. The molecule has 0 spiro atoms. The number of hydrogen-bond acceptors (Lipinski definition) is 7. The Kier molecular flexibility index (Phi) is 14.0. The van der Waals surface area contributed by atoms with E-state index in [2.05, 4.69) is 16.0 Å². The number of piperidine rings is 1. The molecular weight excluding hydrogens is 624 g/mol.